The van der Waals surface area contributed by atoms with Gasteiger partial charge in [0.05, 0.1) is 0 Å². The second-order valence-corrected chi connectivity index (χ2v) is 8.02. The Kier molecular flexibility index (Phi) is 6.56. The number of carbonyl (C=O) groups excluding carboxylic acids is 2. The molecule has 0 atom stereocenters. The lowest BCUT2D eigenvalue weighted by atomic mass is 10.1. The zero-order chi connectivity index (χ0) is 24.1. The number of nitriles is 1. The van der Waals surface area contributed by atoms with Crippen LogP contribution in [0.1, 0.15) is 16.7 Å². The van der Waals surface area contributed by atoms with Crippen molar-refractivity contribution >= 4 is 40.2 Å². The van der Waals surface area contributed by atoms with Crippen LogP contribution in [0.2, 0.25) is 0 Å². The van der Waals surface area contributed by atoms with Gasteiger partial charge < -0.3 is 15.2 Å². The normalized spacial score (nSPS) is 11.1. The number of para-hydroxylation sites is 2. The summed E-state index contributed by atoms with van der Waals surface area (Å²) in [6, 6.07) is 24.5. The number of amides is 2. The molecule has 4 rings (SSSR count). The molecule has 1 heterocycles. The summed E-state index contributed by atoms with van der Waals surface area (Å²) in [6.45, 7) is 3.99. The number of aromatic nitrogens is 1. The fraction of sp³-hybridized carbons (Fsp3) is 0.107. The first-order valence-corrected chi connectivity index (χ1v) is 10.9. The van der Waals surface area contributed by atoms with Crippen LogP contribution < -0.4 is 10.6 Å². The van der Waals surface area contributed by atoms with Gasteiger partial charge in [-0.2, -0.15) is 5.26 Å². The molecule has 2 amide bonds. The first-order valence-electron chi connectivity index (χ1n) is 10.9. The lowest BCUT2D eigenvalue weighted by molar-refractivity contribution is -0.116. The molecule has 3 aromatic carbocycles. The SMILES string of the molecule is Cc1cccc(NC(=O)/C(C#N)=C/c2cn(CC(=O)Nc3ccccc3)c3ccccc23)c1C. The van der Waals surface area contributed by atoms with Crippen molar-refractivity contribution in [1.29, 1.82) is 5.26 Å². The van der Waals surface area contributed by atoms with Crippen LogP contribution in [0.5, 0.6) is 0 Å². The van der Waals surface area contributed by atoms with Gasteiger partial charge in [0.1, 0.15) is 18.2 Å². The van der Waals surface area contributed by atoms with Gasteiger partial charge in [0, 0.05) is 34.0 Å². The molecule has 0 unspecified atom stereocenters. The molecule has 2 N–H and O–H groups in total. The molecule has 0 aliphatic carbocycles. The molecule has 34 heavy (non-hydrogen) atoms. The van der Waals surface area contributed by atoms with Crippen LogP contribution in [0.3, 0.4) is 0 Å². The van der Waals surface area contributed by atoms with Crippen molar-refractivity contribution in [3.8, 4) is 6.07 Å². The molecule has 0 radical (unpaired) electrons. The van der Waals surface area contributed by atoms with E-state index < -0.39 is 5.91 Å². The minimum absolute atomic E-state index is 0.0162. The quantitative estimate of drug-likeness (QED) is 0.304. The Morgan fingerprint density at radius 3 is 2.44 bits per heavy atom. The number of anilines is 2. The Morgan fingerprint density at radius 1 is 0.941 bits per heavy atom. The highest BCUT2D eigenvalue weighted by molar-refractivity contribution is 6.11. The van der Waals surface area contributed by atoms with E-state index in [-0.39, 0.29) is 18.0 Å². The highest BCUT2D eigenvalue weighted by atomic mass is 16.2. The second kappa shape index (κ2) is 9.88. The number of hydrogen-bond donors (Lipinski definition) is 2. The molecule has 0 saturated heterocycles. The van der Waals surface area contributed by atoms with Gasteiger partial charge in [0.25, 0.3) is 5.91 Å². The van der Waals surface area contributed by atoms with E-state index >= 15 is 0 Å². The van der Waals surface area contributed by atoms with Crippen molar-refractivity contribution in [2.24, 2.45) is 0 Å². The van der Waals surface area contributed by atoms with Gasteiger partial charge in [-0.05, 0) is 55.3 Å². The van der Waals surface area contributed by atoms with Gasteiger partial charge in [-0.15, -0.1) is 0 Å². The third-order valence-electron chi connectivity index (χ3n) is 5.71. The van der Waals surface area contributed by atoms with E-state index in [2.05, 4.69) is 10.6 Å². The predicted octanol–water partition coefficient (Wildman–Crippen LogP) is 5.44. The smallest absolute Gasteiger partial charge is 0.266 e. The first-order chi connectivity index (χ1) is 16.5. The van der Waals surface area contributed by atoms with Crippen LogP contribution in [0.4, 0.5) is 11.4 Å². The molecule has 0 saturated carbocycles. The maximum absolute atomic E-state index is 12.9. The number of nitrogens with one attached hydrogen (secondary N) is 2. The molecule has 6 nitrogen and oxygen atoms in total. The number of benzene rings is 3. The van der Waals surface area contributed by atoms with E-state index in [0.717, 1.165) is 27.7 Å². The Labute approximate surface area is 198 Å². The summed E-state index contributed by atoms with van der Waals surface area (Å²) in [4.78, 5) is 25.5. The highest BCUT2D eigenvalue weighted by Crippen LogP contribution is 2.25. The van der Waals surface area contributed by atoms with Crippen LogP contribution in [-0.2, 0) is 16.1 Å². The maximum Gasteiger partial charge on any atom is 0.266 e. The van der Waals surface area contributed by atoms with Crippen molar-refractivity contribution in [3.05, 3.63) is 101 Å². The number of rotatable bonds is 6. The molecular formula is C28H24N4O2. The lowest BCUT2D eigenvalue weighted by Crippen LogP contribution is -2.18. The summed E-state index contributed by atoms with van der Waals surface area (Å²) in [7, 11) is 0. The molecule has 0 aliphatic rings. The average molecular weight is 449 g/mol. The molecule has 0 bridgehead atoms. The third-order valence-corrected chi connectivity index (χ3v) is 5.71. The van der Waals surface area contributed by atoms with Crippen LogP contribution in [0, 0.1) is 25.2 Å². The van der Waals surface area contributed by atoms with Crippen molar-refractivity contribution in [2.75, 3.05) is 10.6 Å². The number of fused-ring (bicyclic) bond motifs is 1. The minimum atomic E-state index is -0.477. The topological polar surface area (TPSA) is 86.9 Å². The van der Waals surface area contributed by atoms with E-state index in [0.29, 0.717) is 11.3 Å². The third kappa shape index (κ3) is 4.89. The summed E-state index contributed by atoms with van der Waals surface area (Å²) in [5, 5.41) is 16.3. The summed E-state index contributed by atoms with van der Waals surface area (Å²) >= 11 is 0. The standard InChI is InChI=1S/C28H24N4O2/c1-19-9-8-13-25(20(19)2)31-28(34)21(16-29)15-22-17-32(26-14-7-6-12-24(22)26)18-27(33)30-23-10-4-3-5-11-23/h3-15,17H,18H2,1-2H3,(H,30,33)(H,31,34)/b21-15+. The Balaban J connectivity index is 1.62. The Morgan fingerprint density at radius 2 is 1.68 bits per heavy atom. The molecule has 168 valence electrons. The number of aryl methyl sites for hydroxylation is 1. The van der Waals surface area contributed by atoms with Crippen molar-refractivity contribution in [1.82, 2.24) is 4.57 Å². The number of hydrogen-bond acceptors (Lipinski definition) is 3. The van der Waals surface area contributed by atoms with E-state index in [4.69, 9.17) is 0 Å². The first kappa shape index (κ1) is 22.6. The van der Waals surface area contributed by atoms with E-state index in [1.54, 1.807) is 12.3 Å². The molecule has 1 aromatic heterocycles. The number of nitrogens with zero attached hydrogens (tertiary/aromatic N) is 2. The largest absolute Gasteiger partial charge is 0.337 e. The van der Waals surface area contributed by atoms with Crippen LogP contribution in [0.25, 0.3) is 17.0 Å². The van der Waals surface area contributed by atoms with Gasteiger partial charge in [-0.25, -0.2) is 0 Å². The molecule has 0 spiro atoms. The zero-order valence-corrected chi connectivity index (χ0v) is 19.0. The minimum Gasteiger partial charge on any atom is -0.337 e. The van der Waals surface area contributed by atoms with E-state index in [1.807, 2.05) is 97.3 Å². The van der Waals surface area contributed by atoms with Crippen molar-refractivity contribution < 1.29 is 9.59 Å². The molecule has 4 aromatic rings. The zero-order valence-electron chi connectivity index (χ0n) is 19.0. The summed E-state index contributed by atoms with van der Waals surface area (Å²) in [6.07, 6.45) is 3.35. The van der Waals surface area contributed by atoms with Crippen LogP contribution in [0.15, 0.2) is 84.6 Å². The summed E-state index contributed by atoms with van der Waals surface area (Å²) < 4.78 is 1.82. The van der Waals surface area contributed by atoms with Gasteiger partial charge in [-0.1, -0.05) is 48.5 Å². The lowest BCUT2D eigenvalue weighted by Gasteiger charge is -2.09. The fourth-order valence-corrected chi connectivity index (χ4v) is 3.78. The van der Waals surface area contributed by atoms with Gasteiger partial charge in [0.15, 0.2) is 0 Å². The van der Waals surface area contributed by atoms with E-state index in [1.165, 1.54) is 0 Å². The summed E-state index contributed by atoms with van der Waals surface area (Å²) in [5.74, 6) is -0.648. The molecule has 6 heteroatoms. The summed E-state index contributed by atoms with van der Waals surface area (Å²) in [5.41, 5.74) is 4.91. The van der Waals surface area contributed by atoms with Gasteiger partial charge in [0.2, 0.25) is 5.91 Å². The average Bonchev–Trinajstić information content (AvgIpc) is 3.18. The van der Waals surface area contributed by atoms with Crippen molar-refractivity contribution in [3.63, 3.8) is 0 Å². The molecule has 0 fully saturated rings. The van der Waals surface area contributed by atoms with Crippen LogP contribution in [-0.4, -0.2) is 16.4 Å². The van der Waals surface area contributed by atoms with Gasteiger partial charge in [-0.3, -0.25) is 9.59 Å². The van der Waals surface area contributed by atoms with E-state index in [9.17, 15) is 14.9 Å². The second-order valence-electron chi connectivity index (χ2n) is 8.02. The van der Waals surface area contributed by atoms with Crippen molar-refractivity contribution in [2.45, 2.75) is 20.4 Å². The maximum atomic E-state index is 12.9. The Bertz CT molecular complexity index is 1440. The van der Waals surface area contributed by atoms with Gasteiger partial charge >= 0.3 is 0 Å². The van der Waals surface area contributed by atoms with Crippen LogP contribution >= 0.6 is 0 Å². The predicted molar refractivity (Wildman–Crippen MR) is 135 cm³/mol. The highest BCUT2D eigenvalue weighted by Gasteiger charge is 2.15. The molecular weight excluding hydrogens is 424 g/mol. The number of carbonyl (C=O) groups is 2. The Hall–Kier alpha value is -4.63. The monoisotopic (exact) mass is 448 g/mol. The fourth-order valence-electron chi connectivity index (χ4n) is 3.78. The molecule has 0 aliphatic heterocycles.